The lowest BCUT2D eigenvalue weighted by molar-refractivity contribution is -0.120. The highest BCUT2D eigenvalue weighted by Gasteiger charge is 2.39. The summed E-state index contributed by atoms with van der Waals surface area (Å²) in [5, 5.41) is 0. The molecule has 1 saturated carbocycles. The van der Waals surface area contributed by atoms with Gasteiger partial charge in [0.25, 0.3) is 5.91 Å². The number of nitrogens with zero attached hydrogens (tertiary/aromatic N) is 2. The van der Waals surface area contributed by atoms with Crippen molar-refractivity contribution in [2.24, 2.45) is 5.73 Å². The second-order valence-electron chi connectivity index (χ2n) is 4.45. The molecule has 1 aliphatic rings. The summed E-state index contributed by atoms with van der Waals surface area (Å²) in [4.78, 5) is 16.0. The Labute approximate surface area is 107 Å². The maximum atomic E-state index is 12.6. The van der Waals surface area contributed by atoms with E-state index in [0.717, 1.165) is 4.90 Å². The fraction of sp³-hybridized carbons (Fsp3) is 0.455. The molecule has 1 aromatic rings. The molecule has 2 rings (SSSR count). The number of hydrogen-bond donors (Lipinski definition) is 2. The number of rotatable bonds is 4. The standard InChI is InChI=1S/C11H13F3N4O/c12-11(13,14)5-18(6-1-2-6)10-7(15)3-4-8(17-10)9(16)19/h3-4,6H,1-2,5,15H2,(H2,16,19). The largest absolute Gasteiger partial charge is 0.405 e. The number of aromatic nitrogens is 1. The molecule has 104 valence electrons. The summed E-state index contributed by atoms with van der Waals surface area (Å²) in [5.74, 6) is -0.833. The summed E-state index contributed by atoms with van der Waals surface area (Å²) in [7, 11) is 0. The van der Waals surface area contributed by atoms with Crippen LogP contribution in [0.1, 0.15) is 23.3 Å². The number of carbonyl (C=O) groups is 1. The zero-order valence-corrected chi connectivity index (χ0v) is 9.94. The second kappa shape index (κ2) is 4.60. The van der Waals surface area contributed by atoms with Gasteiger partial charge in [0.05, 0.1) is 5.69 Å². The lowest BCUT2D eigenvalue weighted by Gasteiger charge is -2.26. The van der Waals surface area contributed by atoms with Gasteiger partial charge in [-0.15, -0.1) is 0 Å². The van der Waals surface area contributed by atoms with Gasteiger partial charge in [-0.2, -0.15) is 13.2 Å². The third-order valence-electron chi connectivity index (χ3n) is 2.77. The van der Waals surface area contributed by atoms with E-state index in [2.05, 4.69) is 4.98 Å². The van der Waals surface area contributed by atoms with Gasteiger partial charge in [-0.3, -0.25) is 4.79 Å². The smallest absolute Gasteiger partial charge is 0.396 e. The number of amides is 1. The first kappa shape index (κ1) is 13.4. The number of nitrogen functional groups attached to an aromatic ring is 1. The van der Waals surface area contributed by atoms with Gasteiger partial charge in [0.15, 0.2) is 5.82 Å². The molecule has 1 aromatic heterocycles. The Morgan fingerprint density at radius 1 is 1.42 bits per heavy atom. The van der Waals surface area contributed by atoms with Crippen molar-refractivity contribution in [1.82, 2.24) is 4.98 Å². The number of hydrogen-bond acceptors (Lipinski definition) is 4. The van der Waals surface area contributed by atoms with Crippen LogP contribution in [0, 0.1) is 0 Å². The van der Waals surface area contributed by atoms with Crippen molar-refractivity contribution in [1.29, 1.82) is 0 Å². The Balaban J connectivity index is 2.35. The van der Waals surface area contributed by atoms with Crippen LogP contribution < -0.4 is 16.4 Å². The quantitative estimate of drug-likeness (QED) is 0.866. The maximum absolute atomic E-state index is 12.6. The van der Waals surface area contributed by atoms with Crippen molar-refractivity contribution >= 4 is 17.4 Å². The Kier molecular flexibility index (Phi) is 3.25. The summed E-state index contributed by atoms with van der Waals surface area (Å²) in [6.45, 7) is -1.14. The number of primary amides is 1. The van der Waals surface area contributed by atoms with Crippen LogP contribution >= 0.6 is 0 Å². The Hall–Kier alpha value is -1.99. The third kappa shape index (κ3) is 3.27. The van der Waals surface area contributed by atoms with E-state index in [0.29, 0.717) is 12.8 Å². The lowest BCUT2D eigenvalue weighted by Crippen LogP contribution is -2.37. The molecule has 0 aromatic carbocycles. The van der Waals surface area contributed by atoms with Crippen molar-refractivity contribution in [3.63, 3.8) is 0 Å². The van der Waals surface area contributed by atoms with Crippen LogP contribution in [0.15, 0.2) is 12.1 Å². The summed E-state index contributed by atoms with van der Waals surface area (Å²) in [5.41, 5.74) is 10.7. The average molecular weight is 274 g/mol. The van der Waals surface area contributed by atoms with Crippen molar-refractivity contribution in [3.8, 4) is 0 Å². The molecule has 0 radical (unpaired) electrons. The topological polar surface area (TPSA) is 85.2 Å². The van der Waals surface area contributed by atoms with Crippen molar-refractivity contribution in [2.45, 2.75) is 25.1 Å². The molecule has 0 bridgehead atoms. The highest BCUT2D eigenvalue weighted by atomic mass is 19.4. The number of nitrogens with two attached hydrogens (primary N) is 2. The predicted octanol–water partition coefficient (Wildman–Crippen LogP) is 1.29. The van der Waals surface area contributed by atoms with E-state index in [1.807, 2.05) is 0 Å². The molecule has 19 heavy (non-hydrogen) atoms. The van der Waals surface area contributed by atoms with Crippen LogP contribution in [0.5, 0.6) is 0 Å². The van der Waals surface area contributed by atoms with Crippen LogP contribution in [0.2, 0.25) is 0 Å². The van der Waals surface area contributed by atoms with Crippen LogP contribution in [0.3, 0.4) is 0 Å². The molecular weight excluding hydrogens is 261 g/mol. The fourth-order valence-corrected chi connectivity index (χ4v) is 1.78. The zero-order chi connectivity index (χ0) is 14.2. The molecule has 0 saturated heterocycles. The van der Waals surface area contributed by atoms with E-state index in [4.69, 9.17) is 11.5 Å². The monoisotopic (exact) mass is 274 g/mol. The first-order valence-electron chi connectivity index (χ1n) is 5.67. The predicted molar refractivity (Wildman–Crippen MR) is 63.6 cm³/mol. The summed E-state index contributed by atoms with van der Waals surface area (Å²) >= 11 is 0. The summed E-state index contributed by atoms with van der Waals surface area (Å²) in [6, 6.07) is 2.40. The summed E-state index contributed by atoms with van der Waals surface area (Å²) in [6.07, 6.45) is -3.06. The molecule has 1 fully saturated rings. The molecule has 5 nitrogen and oxygen atoms in total. The van der Waals surface area contributed by atoms with E-state index in [1.165, 1.54) is 12.1 Å². The van der Waals surface area contributed by atoms with Gasteiger partial charge in [0.2, 0.25) is 0 Å². The molecule has 1 amide bonds. The van der Waals surface area contributed by atoms with Crippen LogP contribution in [0.4, 0.5) is 24.7 Å². The van der Waals surface area contributed by atoms with Gasteiger partial charge in [0.1, 0.15) is 12.2 Å². The number of alkyl halides is 3. The normalized spacial score (nSPS) is 15.3. The second-order valence-corrected chi connectivity index (χ2v) is 4.45. The van der Waals surface area contributed by atoms with Gasteiger partial charge in [-0.25, -0.2) is 4.98 Å². The van der Waals surface area contributed by atoms with Gasteiger partial charge >= 0.3 is 6.18 Å². The molecule has 0 atom stereocenters. The fourth-order valence-electron chi connectivity index (χ4n) is 1.78. The molecule has 0 spiro atoms. The minimum absolute atomic E-state index is 0.0314. The first-order chi connectivity index (χ1) is 8.78. The first-order valence-corrected chi connectivity index (χ1v) is 5.67. The van der Waals surface area contributed by atoms with Gasteiger partial charge in [-0.05, 0) is 25.0 Å². The highest BCUT2D eigenvalue weighted by molar-refractivity contribution is 5.92. The zero-order valence-electron chi connectivity index (χ0n) is 9.94. The van der Waals surface area contributed by atoms with Crippen LogP contribution in [-0.4, -0.2) is 29.7 Å². The van der Waals surface area contributed by atoms with Crippen molar-refractivity contribution in [3.05, 3.63) is 17.8 Å². The Morgan fingerprint density at radius 2 is 2.05 bits per heavy atom. The lowest BCUT2D eigenvalue weighted by atomic mass is 10.3. The Bertz CT molecular complexity index is 499. The molecular formula is C11H13F3N4O. The van der Waals surface area contributed by atoms with Gasteiger partial charge in [-0.1, -0.05) is 0 Å². The van der Waals surface area contributed by atoms with Gasteiger partial charge < -0.3 is 16.4 Å². The van der Waals surface area contributed by atoms with Crippen LogP contribution in [0.25, 0.3) is 0 Å². The summed E-state index contributed by atoms with van der Waals surface area (Å²) < 4.78 is 37.7. The molecule has 8 heteroatoms. The molecule has 4 N–H and O–H groups in total. The average Bonchev–Trinajstić information content (AvgIpc) is 3.09. The third-order valence-corrected chi connectivity index (χ3v) is 2.77. The van der Waals surface area contributed by atoms with Crippen molar-refractivity contribution in [2.75, 3.05) is 17.2 Å². The minimum Gasteiger partial charge on any atom is -0.396 e. The van der Waals surface area contributed by atoms with E-state index in [9.17, 15) is 18.0 Å². The van der Waals surface area contributed by atoms with Crippen LogP contribution in [-0.2, 0) is 0 Å². The maximum Gasteiger partial charge on any atom is 0.405 e. The van der Waals surface area contributed by atoms with Crippen molar-refractivity contribution < 1.29 is 18.0 Å². The highest BCUT2D eigenvalue weighted by Crippen LogP contribution is 2.35. The van der Waals surface area contributed by atoms with E-state index >= 15 is 0 Å². The molecule has 0 aliphatic heterocycles. The van der Waals surface area contributed by atoms with E-state index < -0.39 is 18.6 Å². The minimum atomic E-state index is -4.36. The molecule has 1 heterocycles. The SMILES string of the molecule is NC(=O)c1ccc(N)c(N(CC(F)(F)F)C2CC2)n1. The van der Waals surface area contributed by atoms with E-state index in [-0.39, 0.29) is 23.2 Å². The molecule has 0 unspecified atom stereocenters. The van der Waals surface area contributed by atoms with E-state index in [1.54, 1.807) is 0 Å². The van der Waals surface area contributed by atoms with Gasteiger partial charge in [0, 0.05) is 6.04 Å². The number of halogens is 3. The number of pyridine rings is 1. The molecule has 1 aliphatic carbocycles. The number of anilines is 2. The number of carbonyl (C=O) groups excluding carboxylic acids is 1. The Morgan fingerprint density at radius 3 is 2.53 bits per heavy atom.